The molecule has 2 atom stereocenters. The predicted molar refractivity (Wildman–Crippen MR) is 128 cm³/mol. The van der Waals surface area contributed by atoms with Gasteiger partial charge in [0.1, 0.15) is 5.82 Å². The average Bonchev–Trinajstić information content (AvgIpc) is 3.42. The molecular weight excluding hydrogens is 398 g/mol. The summed E-state index contributed by atoms with van der Waals surface area (Å²) in [5, 5.41) is 0. The molecule has 5 rings (SSSR count). The van der Waals surface area contributed by atoms with Crippen molar-refractivity contribution in [3.05, 3.63) is 77.3 Å². The number of nitrogens with zero attached hydrogens (tertiary/aromatic N) is 2. The molecule has 0 saturated carbocycles. The van der Waals surface area contributed by atoms with Crippen LogP contribution in [0.1, 0.15) is 49.1 Å². The van der Waals surface area contributed by atoms with Gasteiger partial charge in [0.25, 0.3) is 0 Å². The fourth-order valence-corrected chi connectivity index (χ4v) is 5.11. The Morgan fingerprint density at radius 2 is 1.84 bits per heavy atom. The fourth-order valence-electron chi connectivity index (χ4n) is 5.11. The molecule has 1 unspecified atom stereocenters. The number of likely N-dealkylation sites (tertiary alicyclic amines) is 1. The highest BCUT2D eigenvalue weighted by atomic mass is 16.5. The standard InChI is InChI=1S/C27H31N3O2/c1-18-9-11-19(12-10-18)20-7-5-8-21(15-20)30-14-6-13-27(30,2)26-28-22-16-24(31-3)25(32-4)17-23(22)29-26/h5,8-12,15-17,20H,6-7,13-14H2,1-4H3,(H,28,29)/t20?,27-/m0/s1. The summed E-state index contributed by atoms with van der Waals surface area (Å²) in [5.41, 5.74) is 5.64. The lowest BCUT2D eigenvalue weighted by Crippen LogP contribution is -2.39. The summed E-state index contributed by atoms with van der Waals surface area (Å²) in [6.45, 7) is 5.47. The van der Waals surface area contributed by atoms with Gasteiger partial charge in [-0.15, -0.1) is 0 Å². The molecule has 1 fully saturated rings. The topological polar surface area (TPSA) is 50.4 Å². The second kappa shape index (κ2) is 8.05. The van der Waals surface area contributed by atoms with E-state index in [2.05, 4.69) is 66.2 Å². The third-order valence-electron chi connectivity index (χ3n) is 7.01. The van der Waals surface area contributed by atoms with Crippen LogP contribution in [0.2, 0.25) is 0 Å². The molecule has 2 heterocycles. The highest BCUT2D eigenvalue weighted by Crippen LogP contribution is 2.43. The zero-order valence-electron chi connectivity index (χ0n) is 19.3. The van der Waals surface area contributed by atoms with E-state index in [1.807, 2.05) is 12.1 Å². The number of allylic oxidation sites excluding steroid dienone is 3. The normalized spacial score (nSPS) is 22.9. The van der Waals surface area contributed by atoms with E-state index in [-0.39, 0.29) is 5.54 Å². The third-order valence-corrected chi connectivity index (χ3v) is 7.01. The first kappa shape index (κ1) is 20.7. The number of aryl methyl sites for hydroxylation is 1. The molecule has 1 aliphatic carbocycles. The van der Waals surface area contributed by atoms with Crippen LogP contribution in [0.4, 0.5) is 0 Å². The Balaban J connectivity index is 1.50. The lowest BCUT2D eigenvalue weighted by Gasteiger charge is -2.37. The molecule has 2 aromatic carbocycles. The van der Waals surface area contributed by atoms with Crippen LogP contribution in [0.15, 0.2) is 60.3 Å². The Kier molecular flexibility index (Phi) is 5.20. The van der Waals surface area contributed by atoms with Crippen molar-refractivity contribution < 1.29 is 9.47 Å². The molecule has 166 valence electrons. The summed E-state index contributed by atoms with van der Waals surface area (Å²) >= 11 is 0. The number of benzene rings is 2. The van der Waals surface area contributed by atoms with Gasteiger partial charge in [0.15, 0.2) is 11.5 Å². The SMILES string of the molecule is COc1cc2nc([C@]3(C)CCCN3C3=CC(c4ccc(C)cc4)CC=C3)[nH]c2cc1OC. The zero-order chi connectivity index (χ0) is 22.3. The van der Waals surface area contributed by atoms with Crippen LogP contribution in [0.25, 0.3) is 11.0 Å². The molecule has 1 aliphatic heterocycles. The lowest BCUT2D eigenvalue weighted by atomic mass is 9.89. The van der Waals surface area contributed by atoms with Gasteiger partial charge in [-0.2, -0.15) is 0 Å². The number of ether oxygens (including phenoxy) is 2. The maximum atomic E-state index is 5.48. The van der Waals surface area contributed by atoms with Gasteiger partial charge in [-0.05, 0) is 44.7 Å². The van der Waals surface area contributed by atoms with Crippen molar-refractivity contribution in [2.75, 3.05) is 20.8 Å². The maximum absolute atomic E-state index is 5.48. The van der Waals surface area contributed by atoms with Gasteiger partial charge < -0.3 is 19.4 Å². The van der Waals surface area contributed by atoms with Crippen molar-refractivity contribution in [1.29, 1.82) is 0 Å². The molecule has 0 spiro atoms. The number of imidazole rings is 1. The minimum atomic E-state index is -0.190. The van der Waals surface area contributed by atoms with E-state index in [1.54, 1.807) is 14.2 Å². The number of fused-ring (bicyclic) bond motifs is 1. The average molecular weight is 430 g/mol. The largest absolute Gasteiger partial charge is 0.493 e. The van der Waals surface area contributed by atoms with Gasteiger partial charge in [0, 0.05) is 30.3 Å². The third kappa shape index (κ3) is 3.46. The monoisotopic (exact) mass is 429 g/mol. The minimum Gasteiger partial charge on any atom is -0.493 e. The van der Waals surface area contributed by atoms with E-state index in [0.29, 0.717) is 17.4 Å². The van der Waals surface area contributed by atoms with Gasteiger partial charge in [-0.25, -0.2) is 4.98 Å². The lowest BCUT2D eigenvalue weighted by molar-refractivity contribution is 0.200. The summed E-state index contributed by atoms with van der Waals surface area (Å²) in [4.78, 5) is 11.1. The number of methoxy groups -OCH3 is 2. The van der Waals surface area contributed by atoms with Crippen molar-refractivity contribution in [2.45, 2.75) is 44.6 Å². The zero-order valence-corrected chi connectivity index (χ0v) is 19.3. The van der Waals surface area contributed by atoms with Crippen molar-refractivity contribution in [1.82, 2.24) is 14.9 Å². The van der Waals surface area contributed by atoms with Crippen molar-refractivity contribution >= 4 is 11.0 Å². The van der Waals surface area contributed by atoms with Crippen LogP contribution < -0.4 is 9.47 Å². The molecule has 0 amide bonds. The van der Waals surface area contributed by atoms with Crippen LogP contribution >= 0.6 is 0 Å². The highest BCUT2D eigenvalue weighted by molar-refractivity contribution is 5.80. The van der Waals surface area contributed by atoms with Gasteiger partial charge in [0.2, 0.25) is 0 Å². The summed E-state index contributed by atoms with van der Waals surface area (Å²) in [6, 6.07) is 12.9. The van der Waals surface area contributed by atoms with Crippen LogP contribution in [0, 0.1) is 6.92 Å². The quantitative estimate of drug-likeness (QED) is 0.555. The van der Waals surface area contributed by atoms with E-state index in [1.165, 1.54) is 16.8 Å². The number of hydrogen-bond acceptors (Lipinski definition) is 4. The first-order valence-electron chi connectivity index (χ1n) is 11.4. The Morgan fingerprint density at radius 1 is 1.09 bits per heavy atom. The Labute approximate surface area is 189 Å². The van der Waals surface area contributed by atoms with Crippen LogP contribution in [0.5, 0.6) is 11.5 Å². The first-order valence-corrected chi connectivity index (χ1v) is 11.4. The molecule has 1 N–H and O–H groups in total. The Morgan fingerprint density at radius 3 is 2.59 bits per heavy atom. The molecule has 3 aromatic rings. The fraction of sp³-hybridized carbons (Fsp3) is 0.370. The van der Waals surface area contributed by atoms with Crippen molar-refractivity contribution in [2.24, 2.45) is 0 Å². The molecule has 2 aliphatic rings. The summed E-state index contributed by atoms with van der Waals surface area (Å²) in [7, 11) is 3.32. The Hall–Kier alpha value is -3.21. The number of H-pyrrole nitrogens is 1. The van der Waals surface area contributed by atoms with Gasteiger partial charge in [-0.1, -0.05) is 42.0 Å². The molecular formula is C27H31N3O2. The van der Waals surface area contributed by atoms with E-state index < -0.39 is 0 Å². The summed E-state index contributed by atoms with van der Waals surface area (Å²) < 4.78 is 11.0. The van der Waals surface area contributed by atoms with Crippen LogP contribution in [-0.4, -0.2) is 35.6 Å². The molecule has 0 radical (unpaired) electrons. The first-order chi connectivity index (χ1) is 15.5. The molecule has 5 nitrogen and oxygen atoms in total. The smallest absolute Gasteiger partial charge is 0.163 e. The van der Waals surface area contributed by atoms with E-state index >= 15 is 0 Å². The maximum Gasteiger partial charge on any atom is 0.163 e. The number of aromatic nitrogens is 2. The summed E-state index contributed by atoms with van der Waals surface area (Å²) in [5.74, 6) is 2.81. The van der Waals surface area contributed by atoms with E-state index in [0.717, 1.165) is 42.7 Å². The van der Waals surface area contributed by atoms with Crippen molar-refractivity contribution in [3.8, 4) is 11.5 Å². The number of rotatable bonds is 5. The number of nitrogens with one attached hydrogen (secondary N) is 1. The molecule has 1 saturated heterocycles. The van der Waals surface area contributed by atoms with E-state index in [4.69, 9.17) is 14.5 Å². The minimum absolute atomic E-state index is 0.190. The van der Waals surface area contributed by atoms with Gasteiger partial charge in [0.05, 0.1) is 30.8 Å². The second-order valence-corrected chi connectivity index (χ2v) is 9.09. The van der Waals surface area contributed by atoms with E-state index in [9.17, 15) is 0 Å². The molecule has 5 heteroatoms. The molecule has 0 bridgehead atoms. The second-order valence-electron chi connectivity index (χ2n) is 9.09. The molecule has 32 heavy (non-hydrogen) atoms. The highest BCUT2D eigenvalue weighted by Gasteiger charge is 2.41. The predicted octanol–water partition coefficient (Wildman–Crippen LogP) is 5.83. The summed E-state index contributed by atoms with van der Waals surface area (Å²) in [6.07, 6.45) is 10.3. The number of hydrogen-bond donors (Lipinski definition) is 1. The van der Waals surface area contributed by atoms with Crippen molar-refractivity contribution in [3.63, 3.8) is 0 Å². The number of aromatic amines is 1. The molecule has 1 aromatic heterocycles. The Bertz CT molecular complexity index is 1150. The van der Waals surface area contributed by atoms with Gasteiger partial charge in [-0.3, -0.25) is 0 Å². The van der Waals surface area contributed by atoms with Gasteiger partial charge >= 0.3 is 0 Å². The van der Waals surface area contributed by atoms with Crippen LogP contribution in [-0.2, 0) is 5.54 Å². The van der Waals surface area contributed by atoms with Crippen LogP contribution in [0.3, 0.4) is 0 Å².